The number of nitrogens with one attached hydrogen (secondary N) is 1. The number of alkyl halides is 3. The Morgan fingerprint density at radius 2 is 1.94 bits per heavy atom. The standard InChI is InChI=1S/C23H22ClF3N4O4S/c1-14-4-2-3-9-31(14)36(34,35)17-6-8-20-15(10-17)12-28-22(33)30(20)13-21(32)29-19-11-16(23(25,26)27)5-7-18(19)24/h5-8,10-12,14H,2-4,9,13H2,1H3,(H,29,32). The van der Waals surface area contributed by atoms with E-state index in [-0.39, 0.29) is 27.2 Å². The van der Waals surface area contributed by atoms with Gasteiger partial charge in [0.2, 0.25) is 15.9 Å². The fourth-order valence-electron chi connectivity index (χ4n) is 4.19. The Morgan fingerprint density at radius 1 is 1.19 bits per heavy atom. The number of nitrogens with zero attached hydrogens (tertiary/aromatic N) is 3. The van der Waals surface area contributed by atoms with E-state index in [1.54, 1.807) is 0 Å². The van der Waals surface area contributed by atoms with Crippen LogP contribution in [-0.2, 0) is 27.5 Å². The average molecular weight is 543 g/mol. The number of carbonyl (C=O) groups is 1. The van der Waals surface area contributed by atoms with Crippen LogP contribution in [0.1, 0.15) is 31.7 Å². The van der Waals surface area contributed by atoms with Gasteiger partial charge in [0.25, 0.3) is 0 Å². The summed E-state index contributed by atoms with van der Waals surface area (Å²) >= 11 is 5.93. The van der Waals surface area contributed by atoms with E-state index in [9.17, 15) is 31.2 Å². The quantitative estimate of drug-likeness (QED) is 0.519. The van der Waals surface area contributed by atoms with Crippen LogP contribution in [0.3, 0.4) is 0 Å². The molecule has 2 heterocycles. The van der Waals surface area contributed by atoms with E-state index in [2.05, 4.69) is 10.3 Å². The number of piperidine rings is 1. The molecule has 1 aromatic heterocycles. The summed E-state index contributed by atoms with van der Waals surface area (Å²) in [5, 5.41) is 2.49. The molecule has 0 bridgehead atoms. The van der Waals surface area contributed by atoms with Crippen LogP contribution in [0.5, 0.6) is 0 Å². The van der Waals surface area contributed by atoms with Crippen molar-refractivity contribution < 1.29 is 26.4 Å². The van der Waals surface area contributed by atoms with Gasteiger partial charge < -0.3 is 5.32 Å². The van der Waals surface area contributed by atoms with Gasteiger partial charge in [-0.05, 0) is 56.2 Å². The summed E-state index contributed by atoms with van der Waals surface area (Å²) in [5.41, 5.74) is -1.80. The molecule has 1 aliphatic rings. The monoisotopic (exact) mass is 542 g/mol. The molecule has 36 heavy (non-hydrogen) atoms. The molecule has 0 saturated carbocycles. The van der Waals surface area contributed by atoms with E-state index in [1.165, 1.54) is 28.7 Å². The van der Waals surface area contributed by atoms with E-state index in [4.69, 9.17) is 11.6 Å². The Labute approximate surface area is 209 Å². The van der Waals surface area contributed by atoms with Crippen LogP contribution < -0.4 is 11.0 Å². The van der Waals surface area contributed by atoms with Crippen molar-refractivity contribution in [2.45, 2.75) is 49.8 Å². The molecule has 2 aromatic carbocycles. The molecule has 192 valence electrons. The molecule has 1 aliphatic heterocycles. The molecular weight excluding hydrogens is 521 g/mol. The number of benzene rings is 2. The Morgan fingerprint density at radius 3 is 2.64 bits per heavy atom. The summed E-state index contributed by atoms with van der Waals surface area (Å²) < 4.78 is 67.9. The van der Waals surface area contributed by atoms with Gasteiger partial charge in [-0.1, -0.05) is 18.0 Å². The first-order valence-electron chi connectivity index (χ1n) is 11.1. The molecule has 4 rings (SSSR count). The number of carbonyl (C=O) groups excluding carboxylic acids is 1. The first kappa shape index (κ1) is 26.1. The highest BCUT2D eigenvalue weighted by atomic mass is 35.5. The number of sulfonamides is 1. The molecule has 1 N–H and O–H groups in total. The smallest absolute Gasteiger partial charge is 0.323 e. The molecule has 0 spiro atoms. The van der Waals surface area contributed by atoms with E-state index in [0.29, 0.717) is 18.0 Å². The third-order valence-electron chi connectivity index (χ3n) is 6.05. The second-order valence-electron chi connectivity index (χ2n) is 8.55. The zero-order valence-electron chi connectivity index (χ0n) is 19.0. The van der Waals surface area contributed by atoms with E-state index >= 15 is 0 Å². The largest absolute Gasteiger partial charge is 0.416 e. The number of fused-ring (bicyclic) bond motifs is 1. The second kappa shape index (κ2) is 9.83. The Hall–Kier alpha value is -2.96. The molecule has 1 saturated heterocycles. The fraction of sp³-hybridized carbons (Fsp3) is 0.348. The lowest BCUT2D eigenvalue weighted by Gasteiger charge is -2.32. The molecule has 1 unspecified atom stereocenters. The summed E-state index contributed by atoms with van der Waals surface area (Å²) in [7, 11) is -3.78. The van der Waals surface area contributed by atoms with E-state index in [0.717, 1.165) is 36.0 Å². The lowest BCUT2D eigenvalue weighted by Crippen LogP contribution is -2.41. The summed E-state index contributed by atoms with van der Waals surface area (Å²) in [6.45, 7) is 1.69. The van der Waals surface area contributed by atoms with E-state index < -0.39 is 39.9 Å². The lowest BCUT2D eigenvalue weighted by molar-refractivity contribution is -0.137. The Kier molecular flexibility index (Phi) is 7.13. The number of hydrogen-bond donors (Lipinski definition) is 1. The first-order valence-corrected chi connectivity index (χ1v) is 12.9. The van der Waals surface area contributed by atoms with Crippen molar-refractivity contribution >= 4 is 44.1 Å². The van der Waals surface area contributed by atoms with Crippen molar-refractivity contribution in [3.8, 4) is 0 Å². The van der Waals surface area contributed by atoms with Gasteiger partial charge in [-0.2, -0.15) is 17.5 Å². The number of hydrogen-bond acceptors (Lipinski definition) is 5. The van der Waals surface area contributed by atoms with Crippen LogP contribution in [0, 0.1) is 0 Å². The molecule has 0 aliphatic carbocycles. The summed E-state index contributed by atoms with van der Waals surface area (Å²) in [6, 6.07) is 6.50. The van der Waals surface area contributed by atoms with Crippen molar-refractivity contribution in [3.05, 3.63) is 63.7 Å². The van der Waals surface area contributed by atoms with Gasteiger partial charge in [0.1, 0.15) is 6.54 Å². The highest BCUT2D eigenvalue weighted by molar-refractivity contribution is 7.89. The lowest BCUT2D eigenvalue weighted by atomic mass is 10.1. The summed E-state index contributed by atoms with van der Waals surface area (Å²) in [4.78, 5) is 28.8. The number of anilines is 1. The van der Waals surface area contributed by atoms with E-state index in [1.807, 2.05) is 6.92 Å². The molecule has 3 aromatic rings. The third kappa shape index (κ3) is 5.25. The number of aromatic nitrogens is 2. The molecule has 1 fully saturated rings. The van der Waals surface area contributed by atoms with Gasteiger partial charge in [0.15, 0.2) is 0 Å². The van der Waals surface area contributed by atoms with Crippen LogP contribution in [0.25, 0.3) is 10.9 Å². The number of amides is 1. The number of halogens is 4. The molecule has 8 nitrogen and oxygen atoms in total. The topological polar surface area (TPSA) is 101 Å². The van der Waals surface area contributed by atoms with Gasteiger partial charge in [-0.25, -0.2) is 18.2 Å². The van der Waals surface area contributed by atoms with Crippen LogP contribution in [0.4, 0.5) is 18.9 Å². The van der Waals surface area contributed by atoms with Gasteiger partial charge in [-0.15, -0.1) is 0 Å². The van der Waals surface area contributed by atoms with Crippen LogP contribution in [0.2, 0.25) is 5.02 Å². The fourth-order valence-corrected chi connectivity index (χ4v) is 6.09. The van der Waals surface area contributed by atoms with Crippen molar-refractivity contribution in [2.75, 3.05) is 11.9 Å². The minimum Gasteiger partial charge on any atom is -0.323 e. The Bertz CT molecular complexity index is 1490. The molecular formula is C23H22ClF3N4O4S. The highest BCUT2D eigenvalue weighted by Crippen LogP contribution is 2.34. The summed E-state index contributed by atoms with van der Waals surface area (Å²) in [5.74, 6) is -0.813. The minimum absolute atomic E-state index is 0.0379. The second-order valence-corrected chi connectivity index (χ2v) is 10.8. The maximum Gasteiger partial charge on any atom is 0.416 e. The predicted octanol–water partition coefficient (Wildman–Crippen LogP) is 4.27. The van der Waals surface area contributed by atoms with Crippen LogP contribution >= 0.6 is 11.6 Å². The maximum absolute atomic E-state index is 13.2. The van der Waals surface area contributed by atoms with Gasteiger partial charge >= 0.3 is 11.9 Å². The van der Waals surface area contributed by atoms with Gasteiger partial charge in [0, 0.05) is 24.2 Å². The van der Waals surface area contributed by atoms with Crippen LogP contribution in [0.15, 0.2) is 52.3 Å². The van der Waals surface area contributed by atoms with Crippen molar-refractivity contribution in [2.24, 2.45) is 0 Å². The normalized spacial score (nSPS) is 17.3. The van der Waals surface area contributed by atoms with Gasteiger partial charge in [-0.3, -0.25) is 9.36 Å². The SMILES string of the molecule is CC1CCCCN1S(=O)(=O)c1ccc2c(cnc(=O)n2CC(=O)Nc2cc(C(F)(F)F)ccc2Cl)c1. The van der Waals surface area contributed by atoms with Crippen molar-refractivity contribution in [1.29, 1.82) is 0 Å². The van der Waals surface area contributed by atoms with Crippen molar-refractivity contribution in [3.63, 3.8) is 0 Å². The zero-order valence-corrected chi connectivity index (χ0v) is 20.6. The molecule has 1 atom stereocenters. The minimum atomic E-state index is -4.63. The maximum atomic E-state index is 13.2. The molecule has 13 heteroatoms. The molecule has 0 radical (unpaired) electrons. The summed E-state index contributed by atoms with van der Waals surface area (Å²) in [6.07, 6.45) is -0.934. The predicted molar refractivity (Wildman–Crippen MR) is 128 cm³/mol. The number of rotatable bonds is 5. The zero-order chi connectivity index (χ0) is 26.3. The Balaban J connectivity index is 1.63. The van der Waals surface area contributed by atoms with Crippen LogP contribution in [-0.4, -0.2) is 40.8 Å². The van der Waals surface area contributed by atoms with Crippen molar-refractivity contribution in [1.82, 2.24) is 13.9 Å². The van der Waals surface area contributed by atoms with Gasteiger partial charge in [0.05, 0.1) is 26.7 Å². The average Bonchev–Trinajstić information content (AvgIpc) is 2.81. The molecule has 1 amide bonds. The third-order valence-corrected chi connectivity index (χ3v) is 8.39. The highest BCUT2D eigenvalue weighted by Gasteiger charge is 2.32. The first-order chi connectivity index (χ1) is 16.9.